The number of furan rings is 1. The van der Waals surface area contributed by atoms with Crippen LogP contribution in [0.4, 0.5) is 5.69 Å². The zero-order chi connectivity index (χ0) is 20.1. The molecule has 1 heterocycles. The zero-order valence-electron chi connectivity index (χ0n) is 15.9. The minimum atomic E-state index is -1.11. The molecule has 2 aromatic carbocycles. The van der Waals surface area contributed by atoms with Crippen molar-refractivity contribution in [3.63, 3.8) is 0 Å². The number of hydrogen-bond donors (Lipinski definition) is 1. The molecule has 0 bridgehead atoms. The van der Waals surface area contributed by atoms with Gasteiger partial charge in [0.15, 0.2) is 11.5 Å². The van der Waals surface area contributed by atoms with E-state index in [1.165, 1.54) is 11.6 Å². The quantitative estimate of drug-likeness (QED) is 0.589. The maximum atomic E-state index is 10.9. The maximum Gasteiger partial charge on any atom is 0.371 e. The molecule has 0 amide bonds. The Labute approximate surface area is 163 Å². The Kier molecular flexibility index (Phi) is 5.79. The van der Waals surface area contributed by atoms with Gasteiger partial charge in [0.1, 0.15) is 12.4 Å². The molecule has 0 radical (unpaired) electrons. The summed E-state index contributed by atoms with van der Waals surface area (Å²) in [4.78, 5) is 15.4. The topological polar surface area (TPSA) is 81.3 Å². The van der Waals surface area contributed by atoms with Crippen LogP contribution in [0.25, 0.3) is 0 Å². The summed E-state index contributed by atoms with van der Waals surface area (Å²) >= 11 is 0. The van der Waals surface area contributed by atoms with E-state index < -0.39 is 5.97 Å². The SMILES string of the molecule is COc1cc(C=Nc2ccc(C)cc2C)ccc1OCc1ccc(C(=O)O)o1. The van der Waals surface area contributed by atoms with Gasteiger partial charge in [-0.25, -0.2) is 4.79 Å². The van der Waals surface area contributed by atoms with E-state index >= 15 is 0 Å². The number of carboxylic acid groups (broad SMARTS) is 1. The van der Waals surface area contributed by atoms with Gasteiger partial charge in [0.05, 0.1) is 12.8 Å². The lowest BCUT2D eigenvalue weighted by molar-refractivity contribution is 0.0658. The van der Waals surface area contributed by atoms with Crippen molar-refractivity contribution in [3.05, 3.63) is 76.7 Å². The van der Waals surface area contributed by atoms with E-state index in [1.54, 1.807) is 25.5 Å². The van der Waals surface area contributed by atoms with E-state index in [9.17, 15) is 4.79 Å². The number of hydrogen-bond acceptors (Lipinski definition) is 5. The van der Waals surface area contributed by atoms with Gasteiger partial charge in [0.2, 0.25) is 5.76 Å². The first-order valence-corrected chi connectivity index (χ1v) is 8.70. The average molecular weight is 379 g/mol. The second-order valence-corrected chi connectivity index (χ2v) is 6.32. The van der Waals surface area contributed by atoms with Gasteiger partial charge in [-0.15, -0.1) is 0 Å². The molecule has 28 heavy (non-hydrogen) atoms. The molecule has 0 aliphatic rings. The molecule has 0 saturated carbocycles. The highest BCUT2D eigenvalue weighted by Gasteiger charge is 2.11. The smallest absolute Gasteiger partial charge is 0.371 e. The van der Waals surface area contributed by atoms with Crippen molar-refractivity contribution < 1.29 is 23.8 Å². The highest BCUT2D eigenvalue weighted by Crippen LogP contribution is 2.29. The molecule has 1 N–H and O–H groups in total. The molecule has 0 fully saturated rings. The van der Waals surface area contributed by atoms with Gasteiger partial charge in [-0.2, -0.15) is 0 Å². The van der Waals surface area contributed by atoms with Crippen molar-refractivity contribution in [2.75, 3.05) is 7.11 Å². The lowest BCUT2D eigenvalue weighted by atomic mass is 10.1. The number of benzene rings is 2. The summed E-state index contributed by atoms with van der Waals surface area (Å²) in [6.45, 7) is 4.18. The van der Waals surface area contributed by atoms with Crippen LogP contribution in [0.5, 0.6) is 11.5 Å². The molecule has 0 atom stereocenters. The van der Waals surface area contributed by atoms with Gasteiger partial charge >= 0.3 is 5.97 Å². The molecule has 3 aromatic rings. The fourth-order valence-corrected chi connectivity index (χ4v) is 2.70. The summed E-state index contributed by atoms with van der Waals surface area (Å²) < 4.78 is 16.3. The lowest BCUT2D eigenvalue weighted by Crippen LogP contribution is -1.98. The monoisotopic (exact) mass is 379 g/mol. The number of rotatable bonds is 7. The predicted octanol–water partition coefficient (Wildman–Crippen LogP) is 4.93. The summed E-state index contributed by atoms with van der Waals surface area (Å²) in [6, 6.07) is 14.6. The van der Waals surface area contributed by atoms with Crippen LogP contribution in [0.1, 0.15) is 33.0 Å². The first-order valence-electron chi connectivity index (χ1n) is 8.70. The Bertz CT molecular complexity index is 1020. The van der Waals surface area contributed by atoms with Crippen LogP contribution in [0.15, 0.2) is 57.9 Å². The molecule has 144 valence electrons. The lowest BCUT2D eigenvalue weighted by Gasteiger charge is -2.10. The van der Waals surface area contributed by atoms with Crippen LogP contribution in [0.2, 0.25) is 0 Å². The Morgan fingerprint density at radius 3 is 2.61 bits per heavy atom. The standard InChI is InChI=1S/C22H21NO5/c1-14-4-7-18(15(2)10-14)23-12-16-5-8-19(21(11-16)26-3)27-13-17-6-9-20(28-17)22(24)25/h4-12H,13H2,1-3H3,(H,24,25). The number of nitrogens with zero attached hydrogens (tertiary/aromatic N) is 1. The fourth-order valence-electron chi connectivity index (χ4n) is 2.70. The molecule has 0 saturated heterocycles. The second-order valence-electron chi connectivity index (χ2n) is 6.32. The summed E-state index contributed by atoms with van der Waals surface area (Å²) in [5.41, 5.74) is 4.10. The second kappa shape index (κ2) is 8.43. The van der Waals surface area contributed by atoms with Gasteiger partial charge in [-0.3, -0.25) is 4.99 Å². The van der Waals surface area contributed by atoms with Crippen molar-refractivity contribution in [1.29, 1.82) is 0 Å². The van der Waals surface area contributed by atoms with Crippen molar-refractivity contribution in [2.24, 2.45) is 4.99 Å². The number of carboxylic acids is 1. The molecule has 0 spiro atoms. The molecular formula is C22H21NO5. The largest absolute Gasteiger partial charge is 0.493 e. The van der Waals surface area contributed by atoms with E-state index in [4.69, 9.17) is 19.0 Å². The molecule has 1 aromatic heterocycles. The number of aromatic carboxylic acids is 1. The third-order valence-corrected chi connectivity index (χ3v) is 4.14. The molecular weight excluding hydrogens is 358 g/mol. The molecule has 3 rings (SSSR count). The van der Waals surface area contributed by atoms with Crippen LogP contribution < -0.4 is 9.47 Å². The highest BCUT2D eigenvalue weighted by molar-refractivity contribution is 5.84. The zero-order valence-corrected chi connectivity index (χ0v) is 15.9. The minimum absolute atomic E-state index is 0.0969. The number of methoxy groups -OCH3 is 1. The number of ether oxygens (including phenoxy) is 2. The van der Waals surface area contributed by atoms with Crippen LogP contribution >= 0.6 is 0 Å². The summed E-state index contributed by atoms with van der Waals surface area (Å²) in [6.07, 6.45) is 1.77. The molecule has 6 heteroatoms. The van der Waals surface area contributed by atoms with Crippen LogP contribution in [-0.2, 0) is 6.61 Å². The summed E-state index contributed by atoms with van der Waals surface area (Å²) in [7, 11) is 1.56. The van der Waals surface area contributed by atoms with Crippen LogP contribution in [-0.4, -0.2) is 24.4 Å². The van der Waals surface area contributed by atoms with Crippen LogP contribution in [0.3, 0.4) is 0 Å². The first-order chi connectivity index (χ1) is 13.5. The molecule has 0 aliphatic heterocycles. The molecule has 0 aliphatic carbocycles. The van der Waals surface area contributed by atoms with Gasteiger partial charge in [-0.1, -0.05) is 17.7 Å². The third-order valence-electron chi connectivity index (χ3n) is 4.14. The minimum Gasteiger partial charge on any atom is -0.493 e. The number of carbonyl (C=O) groups is 1. The fraction of sp³-hybridized carbons (Fsp3) is 0.182. The summed E-state index contributed by atoms with van der Waals surface area (Å²) in [5, 5.41) is 8.89. The van der Waals surface area contributed by atoms with Gasteiger partial charge in [-0.05, 0) is 61.4 Å². The first kappa shape index (κ1) is 19.2. The molecule has 6 nitrogen and oxygen atoms in total. The van der Waals surface area contributed by atoms with Crippen molar-refractivity contribution in [1.82, 2.24) is 0 Å². The predicted molar refractivity (Wildman–Crippen MR) is 106 cm³/mol. The van der Waals surface area contributed by atoms with E-state index in [0.29, 0.717) is 17.3 Å². The van der Waals surface area contributed by atoms with Crippen molar-refractivity contribution in [2.45, 2.75) is 20.5 Å². The van der Waals surface area contributed by atoms with E-state index in [0.717, 1.165) is 16.8 Å². The van der Waals surface area contributed by atoms with Gasteiger partial charge in [0.25, 0.3) is 0 Å². The van der Waals surface area contributed by atoms with E-state index in [1.807, 2.05) is 31.2 Å². The van der Waals surface area contributed by atoms with Crippen molar-refractivity contribution in [3.8, 4) is 11.5 Å². The summed E-state index contributed by atoms with van der Waals surface area (Å²) in [5.74, 6) is 0.258. The van der Waals surface area contributed by atoms with E-state index in [-0.39, 0.29) is 12.4 Å². The number of aliphatic imine (C=N–C) groups is 1. The Morgan fingerprint density at radius 2 is 1.93 bits per heavy atom. The average Bonchev–Trinajstić information content (AvgIpc) is 3.15. The molecule has 0 unspecified atom stereocenters. The highest BCUT2D eigenvalue weighted by atomic mass is 16.5. The third kappa shape index (κ3) is 4.59. The van der Waals surface area contributed by atoms with Crippen LogP contribution in [0, 0.1) is 13.8 Å². The maximum absolute atomic E-state index is 10.9. The van der Waals surface area contributed by atoms with E-state index in [2.05, 4.69) is 18.0 Å². The number of aryl methyl sites for hydroxylation is 2. The van der Waals surface area contributed by atoms with Crippen molar-refractivity contribution >= 4 is 17.9 Å². The Balaban J connectivity index is 1.72. The van der Waals surface area contributed by atoms with Gasteiger partial charge < -0.3 is 19.0 Å². The van der Waals surface area contributed by atoms with Gasteiger partial charge in [0, 0.05) is 6.21 Å². The Morgan fingerprint density at radius 1 is 1.11 bits per heavy atom. The normalized spacial score (nSPS) is 11.0. The Hall–Kier alpha value is -3.54.